The van der Waals surface area contributed by atoms with Crippen molar-refractivity contribution >= 4 is 23.5 Å². The molecule has 0 unspecified atom stereocenters. The Kier molecular flexibility index (Phi) is 13.7. The molecule has 0 bridgehead atoms. The lowest BCUT2D eigenvalue weighted by atomic mass is 10.0. The van der Waals surface area contributed by atoms with Crippen LogP contribution in [0, 0.1) is 5.92 Å². The van der Waals surface area contributed by atoms with E-state index in [4.69, 9.17) is 25.8 Å². The number of halogens is 1. The second-order valence-electron chi connectivity index (χ2n) is 10.6. The number of esters is 2. The van der Waals surface area contributed by atoms with E-state index in [0.717, 1.165) is 36.3 Å². The highest BCUT2D eigenvalue weighted by Crippen LogP contribution is 2.26. The van der Waals surface area contributed by atoms with Crippen molar-refractivity contribution in [2.24, 2.45) is 5.92 Å². The van der Waals surface area contributed by atoms with Crippen molar-refractivity contribution in [3.05, 3.63) is 82.9 Å². The third kappa shape index (κ3) is 10.9. The molecule has 6 heteroatoms. The first-order chi connectivity index (χ1) is 19.9. The van der Waals surface area contributed by atoms with Gasteiger partial charge in [0, 0.05) is 6.07 Å². The third-order valence-electron chi connectivity index (χ3n) is 7.14. The number of rotatable bonds is 17. The van der Waals surface area contributed by atoms with E-state index in [-0.39, 0.29) is 22.3 Å². The molecular formula is C35H43ClO5. The van der Waals surface area contributed by atoms with E-state index in [0.29, 0.717) is 12.2 Å². The Hall–Kier alpha value is -3.31. The van der Waals surface area contributed by atoms with Crippen LogP contribution in [0.4, 0.5) is 0 Å². The molecule has 0 amide bonds. The summed E-state index contributed by atoms with van der Waals surface area (Å²) in [4.78, 5) is 25.0. The molecule has 0 aromatic heterocycles. The van der Waals surface area contributed by atoms with Crippen LogP contribution in [0.25, 0.3) is 11.1 Å². The Labute approximate surface area is 250 Å². The van der Waals surface area contributed by atoms with E-state index < -0.39 is 11.9 Å². The fourth-order valence-electron chi connectivity index (χ4n) is 4.27. The SMILES string of the molecule is CCCCCCCCCCOc1ccc(-c2ccc(C(=O)Oc3ccc(C(=O)OC[C@@H](C)CC)c(Cl)c3)cc2)cc1. The summed E-state index contributed by atoms with van der Waals surface area (Å²) in [5, 5.41) is 0.171. The molecule has 0 aliphatic heterocycles. The highest BCUT2D eigenvalue weighted by Gasteiger charge is 2.16. The summed E-state index contributed by atoms with van der Waals surface area (Å²) < 4.78 is 16.7. The van der Waals surface area contributed by atoms with Crippen LogP contribution in [0.5, 0.6) is 11.5 Å². The van der Waals surface area contributed by atoms with Gasteiger partial charge in [0.15, 0.2) is 0 Å². The first-order valence-corrected chi connectivity index (χ1v) is 15.3. The van der Waals surface area contributed by atoms with Gasteiger partial charge in [-0.25, -0.2) is 9.59 Å². The van der Waals surface area contributed by atoms with Crippen molar-refractivity contribution in [3.8, 4) is 22.6 Å². The molecule has 3 aromatic carbocycles. The summed E-state index contributed by atoms with van der Waals surface area (Å²) in [5.74, 6) is 0.388. The topological polar surface area (TPSA) is 61.8 Å². The van der Waals surface area contributed by atoms with Gasteiger partial charge in [0.2, 0.25) is 0 Å². The predicted molar refractivity (Wildman–Crippen MR) is 166 cm³/mol. The van der Waals surface area contributed by atoms with Gasteiger partial charge in [-0.3, -0.25) is 0 Å². The maximum Gasteiger partial charge on any atom is 0.343 e. The molecule has 0 aliphatic carbocycles. The predicted octanol–water partition coefficient (Wildman–Crippen LogP) is 9.95. The Morgan fingerprint density at radius 1 is 0.732 bits per heavy atom. The molecule has 220 valence electrons. The summed E-state index contributed by atoms with van der Waals surface area (Å²) in [6, 6.07) is 19.7. The zero-order chi connectivity index (χ0) is 29.5. The van der Waals surface area contributed by atoms with Crippen LogP contribution in [0.15, 0.2) is 66.7 Å². The molecule has 3 aromatic rings. The summed E-state index contributed by atoms with van der Waals surface area (Å²) in [5.41, 5.74) is 2.67. The molecule has 0 N–H and O–H groups in total. The van der Waals surface area contributed by atoms with E-state index in [2.05, 4.69) is 6.92 Å². The highest BCUT2D eigenvalue weighted by atomic mass is 35.5. The van der Waals surface area contributed by atoms with Crippen molar-refractivity contribution in [2.45, 2.75) is 78.6 Å². The maximum absolute atomic E-state index is 12.7. The minimum absolute atomic E-state index is 0.171. The van der Waals surface area contributed by atoms with Gasteiger partial charge in [0.1, 0.15) is 11.5 Å². The van der Waals surface area contributed by atoms with Crippen molar-refractivity contribution in [2.75, 3.05) is 13.2 Å². The Bertz CT molecular complexity index is 1220. The number of unbranched alkanes of at least 4 members (excludes halogenated alkanes) is 7. The molecule has 0 spiro atoms. The number of hydrogen-bond acceptors (Lipinski definition) is 5. The van der Waals surface area contributed by atoms with Crippen LogP contribution in [0.2, 0.25) is 5.02 Å². The van der Waals surface area contributed by atoms with E-state index in [1.165, 1.54) is 63.1 Å². The van der Waals surface area contributed by atoms with Gasteiger partial charge in [0.25, 0.3) is 0 Å². The lowest BCUT2D eigenvalue weighted by Crippen LogP contribution is -2.12. The minimum atomic E-state index is -0.510. The second-order valence-corrected chi connectivity index (χ2v) is 11.0. The molecule has 0 heterocycles. The number of carbonyl (C=O) groups excluding carboxylic acids is 2. The Morgan fingerprint density at radius 3 is 1.93 bits per heavy atom. The summed E-state index contributed by atoms with van der Waals surface area (Å²) in [6.07, 6.45) is 11.2. The molecular weight excluding hydrogens is 536 g/mol. The normalized spacial score (nSPS) is 11.6. The quantitative estimate of drug-likeness (QED) is 0.0905. The number of ether oxygens (including phenoxy) is 3. The van der Waals surface area contributed by atoms with E-state index in [1.807, 2.05) is 50.2 Å². The first-order valence-electron chi connectivity index (χ1n) is 14.9. The van der Waals surface area contributed by atoms with Gasteiger partial charge < -0.3 is 14.2 Å². The van der Waals surface area contributed by atoms with Gasteiger partial charge >= 0.3 is 11.9 Å². The lowest BCUT2D eigenvalue weighted by Gasteiger charge is -2.11. The molecule has 0 saturated carbocycles. The van der Waals surface area contributed by atoms with Crippen LogP contribution in [-0.4, -0.2) is 25.2 Å². The lowest BCUT2D eigenvalue weighted by molar-refractivity contribution is 0.0447. The van der Waals surface area contributed by atoms with Crippen molar-refractivity contribution in [3.63, 3.8) is 0 Å². The number of hydrogen-bond donors (Lipinski definition) is 0. The molecule has 3 rings (SSSR count). The van der Waals surface area contributed by atoms with Crippen LogP contribution >= 0.6 is 11.6 Å². The zero-order valence-corrected chi connectivity index (χ0v) is 25.4. The van der Waals surface area contributed by atoms with E-state index in [1.54, 1.807) is 12.1 Å². The van der Waals surface area contributed by atoms with Gasteiger partial charge in [-0.05, 0) is 59.9 Å². The first kappa shape index (κ1) is 32.2. The van der Waals surface area contributed by atoms with Crippen LogP contribution in [-0.2, 0) is 4.74 Å². The monoisotopic (exact) mass is 578 g/mol. The average molecular weight is 579 g/mol. The van der Waals surface area contributed by atoms with Crippen LogP contribution in [0.3, 0.4) is 0 Å². The fourth-order valence-corrected chi connectivity index (χ4v) is 4.52. The standard InChI is InChI=1S/C35H43ClO5/c1-4-6-7-8-9-10-11-12-23-39-30-19-17-28(18-20-30)27-13-15-29(16-14-27)34(37)41-31-21-22-32(33(36)24-31)35(38)40-25-26(3)5-2/h13-22,24,26H,4-12,23,25H2,1-3H3/t26-/m0/s1. The third-order valence-corrected chi connectivity index (χ3v) is 7.45. The van der Waals surface area contributed by atoms with Crippen molar-refractivity contribution < 1.29 is 23.8 Å². The molecule has 1 atom stereocenters. The average Bonchev–Trinajstić information content (AvgIpc) is 2.99. The number of benzene rings is 3. The minimum Gasteiger partial charge on any atom is -0.494 e. The molecule has 0 aliphatic rings. The highest BCUT2D eigenvalue weighted by molar-refractivity contribution is 6.33. The van der Waals surface area contributed by atoms with E-state index >= 15 is 0 Å². The molecule has 0 radical (unpaired) electrons. The van der Waals surface area contributed by atoms with Gasteiger partial charge in [0.05, 0.1) is 29.4 Å². The maximum atomic E-state index is 12.7. The molecule has 5 nitrogen and oxygen atoms in total. The molecule has 0 fully saturated rings. The van der Waals surface area contributed by atoms with Gasteiger partial charge in [-0.15, -0.1) is 0 Å². The second kappa shape index (κ2) is 17.5. The Balaban J connectivity index is 1.46. The van der Waals surface area contributed by atoms with E-state index in [9.17, 15) is 9.59 Å². The number of carbonyl (C=O) groups is 2. The smallest absolute Gasteiger partial charge is 0.343 e. The summed E-state index contributed by atoms with van der Waals surface area (Å²) >= 11 is 6.27. The van der Waals surface area contributed by atoms with Crippen molar-refractivity contribution in [1.82, 2.24) is 0 Å². The molecule has 0 saturated heterocycles. The molecule has 41 heavy (non-hydrogen) atoms. The summed E-state index contributed by atoms with van der Waals surface area (Å²) in [7, 11) is 0. The van der Waals surface area contributed by atoms with Gasteiger partial charge in [-0.2, -0.15) is 0 Å². The van der Waals surface area contributed by atoms with Gasteiger partial charge in [-0.1, -0.05) is 108 Å². The van der Waals surface area contributed by atoms with Crippen LogP contribution < -0.4 is 9.47 Å². The zero-order valence-electron chi connectivity index (χ0n) is 24.6. The van der Waals surface area contributed by atoms with Crippen LogP contribution in [0.1, 0.15) is 99.3 Å². The fraction of sp³-hybridized carbons (Fsp3) is 0.429. The Morgan fingerprint density at radius 2 is 1.32 bits per heavy atom. The largest absolute Gasteiger partial charge is 0.494 e. The van der Waals surface area contributed by atoms with Crippen molar-refractivity contribution in [1.29, 1.82) is 0 Å². The summed E-state index contributed by atoms with van der Waals surface area (Å²) in [6.45, 7) is 7.36.